The predicted octanol–water partition coefficient (Wildman–Crippen LogP) is 14.1. The summed E-state index contributed by atoms with van der Waals surface area (Å²) in [5.74, 6) is 1.48. The normalized spacial score (nSPS) is 21.7. The summed E-state index contributed by atoms with van der Waals surface area (Å²) in [6.45, 7) is 7.46. The van der Waals surface area contributed by atoms with E-state index in [4.69, 9.17) is 33.7 Å². The molecule has 2 N–H and O–H groups in total. The van der Waals surface area contributed by atoms with Crippen LogP contribution in [0.5, 0.6) is 28.7 Å². The quantitative estimate of drug-likeness (QED) is 0.0273. The number of oxime groups is 1. The van der Waals surface area contributed by atoms with Crippen LogP contribution in [-0.4, -0.2) is 65.2 Å². The van der Waals surface area contributed by atoms with Crippen LogP contribution < -0.4 is 18.9 Å². The lowest BCUT2D eigenvalue weighted by molar-refractivity contribution is -0.258. The lowest BCUT2D eigenvalue weighted by atomic mass is 9.55. The van der Waals surface area contributed by atoms with Crippen LogP contribution in [0.25, 0.3) is 10.8 Å². The van der Waals surface area contributed by atoms with Gasteiger partial charge in [0.25, 0.3) is 0 Å². The van der Waals surface area contributed by atoms with Crippen molar-refractivity contribution in [1.82, 2.24) is 4.90 Å². The summed E-state index contributed by atoms with van der Waals surface area (Å²) >= 11 is 0. The maximum absolute atomic E-state index is 15.5. The SMILES string of the molecule is C=CCOC12Oc3ccc(Oc4ccc5ccccc5c4)cc3C3C(CCCCO)C(CCCCO)C=C(C(=NOCc4ccccc4)CC1N(Cc1ccc4c(c1)OCO4)C(=O)CCCCCCCCCCC)C32. The average molecular weight is 1020 g/mol. The first-order chi connectivity index (χ1) is 36.9. The molecule has 6 unspecified atom stereocenters. The molecule has 2 aliphatic heterocycles. The number of aliphatic hydroxyl groups is 2. The number of fused-ring (bicyclic) bond motifs is 4. The first kappa shape index (κ1) is 53.7. The van der Waals surface area contributed by atoms with Gasteiger partial charge in [0.2, 0.25) is 18.5 Å². The van der Waals surface area contributed by atoms with Gasteiger partial charge in [0.05, 0.1) is 18.2 Å². The highest BCUT2D eigenvalue weighted by Gasteiger charge is 2.65. The van der Waals surface area contributed by atoms with Gasteiger partial charge in [-0.25, -0.2) is 0 Å². The van der Waals surface area contributed by atoms with Crippen LogP contribution in [-0.2, 0) is 27.5 Å². The van der Waals surface area contributed by atoms with Crippen LogP contribution in [0.3, 0.4) is 0 Å². The van der Waals surface area contributed by atoms with Gasteiger partial charge in [-0.3, -0.25) is 4.79 Å². The summed E-state index contributed by atoms with van der Waals surface area (Å²) in [5, 5.41) is 27.6. The third kappa shape index (κ3) is 12.9. The smallest absolute Gasteiger partial charge is 0.239 e. The fourth-order valence-corrected chi connectivity index (χ4v) is 12.2. The second kappa shape index (κ2) is 26.6. The van der Waals surface area contributed by atoms with Crippen LogP contribution in [0, 0.1) is 17.8 Å². The van der Waals surface area contributed by atoms with E-state index >= 15 is 4.79 Å². The molecule has 0 spiro atoms. The van der Waals surface area contributed by atoms with Crippen LogP contribution >= 0.6 is 0 Å². The fraction of sp³-hybridized carbons (Fsp3) is 0.469. The number of hydrogen-bond donors (Lipinski definition) is 2. The Hall–Kier alpha value is -6.14. The molecule has 5 aromatic rings. The summed E-state index contributed by atoms with van der Waals surface area (Å²) in [5.41, 5.74) is 4.63. The number of ether oxygens (including phenoxy) is 5. The summed E-state index contributed by atoms with van der Waals surface area (Å²) < 4.78 is 33.4. The zero-order valence-corrected chi connectivity index (χ0v) is 44.1. The maximum Gasteiger partial charge on any atom is 0.239 e. The Morgan fingerprint density at radius 2 is 1.45 bits per heavy atom. The Morgan fingerprint density at radius 3 is 2.24 bits per heavy atom. The fourth-order valence-electron chi connectivity index (χ4n) is 12.2. The molecule has 398 valence electrons. The van der Waals surface area contributed by atoms with Gasteiger partial charge in [-0.15, -0.1) is 6.58 Å². The van der Waals surface area contributed by atoms with Gasteiger partial charge in [-0.1, -0.05) is 155 Å². The number of nitrogens with zero attached hydrogens (tertiary/aromatic N) is 2. The van der Waals surface area contributed by atoms with E-state index in [0.717, 1.165) is 89.4 Å². The Balaban J connectivity index is 1.18. The third-order valence-electron chi connectivity index (χ3n) is 15.8. The van der Waals surface area contributed by atoms with Crippen molar-refractivity contribution in [1.29, 1.82) is 0 Å². The van der Waals surface area contributed by atoms with Crippen molar-refractivity contribution in [2.45, 2.75) is 147 Å². The van der Waals surface area contributed by atoms with Crippen molar-refractivity contribution in [3.8, 4) is 28.7 Å². The second-order valence-corrected chi connectivity index (χ2v) is 20.9. The van der Waals surface area contributed by atoms with Gasteiger partial charge >= 0.3 is 0 Å². The molecule has 1 amide bonds. The van der Waals surface area contributed by atoms with E-state index < -0.39 is 17.7 Å². The average Bonchev–Trinajstić information content (AvgIpc) is 3.91. The standard InChI is InChI=1S/C64H78N2O9/c1-3-5-6-7-8-9-10-11-15-28-61(69)66(43-47-29-33-58-59(38-47)71-45-70-58)60-42-56(65-73-44-46-22-13-12-14-23-46)54-40-50(26-18-20-35-67)53(27-19-21-36-68)62-55-41-52(74-51-31-30-48-24-16-17-25-49(48)39-51)32-34-57(55)75-64(60,63(54)62)72-37-4-2/h4,12-14,16-17,22-25,29-34,38-41,50,53,60,62-63,67-68H,2-3,5-11,15,18-21,26-28,35-37,42-45H2,1H3. The Labute approximate surface area is 444 Å². The van der Waals surface area contributed by atoms with Gasteiger partial charge < -0.3 is 43.6 Å². The molecule has 1 saturated carbocycles. The highest BCUT2D eigenvalue weighted by atomic mass is 16.7. The second-order valence-electron chi connectivity index (χ2n) is 20.9. The highest BCUT2D eigenvalue weighted by molar-refractivity contribution is 6.03. The molecule has 2 heterocycles. The Morgan fingerprint density at radius 1 is 0.747 bits per heavy atom. The summed E-state index contributed by atoms with van der Waals surface area (Å²) in [4.78, 5) is 23.9. The third-order valence-corrected chi connectivity index (χ3v) is 15.8. The number of hydrogen-bond acceptors (Lipinski definition) is 10. The van der Waals surface area contributed by atoms with E-state index in [0.29, 0.717) is 48.7 Å². The minimum absolute atomic E-state index is 0.0152. The van der Waals surface area contributed by atoms with E-state index in [1.807, 2.05) is 83.8 Å². The summed E-state index contributed by atoms with van der Waals surface area (Å²) in [7, 11) is 0. The van der Waals surface area contributed by atoms with Gasteiger partial charge in [0.15, 0.2) is 11.5 Å². The van der Waals surface area contributed by atoms with Crippen molar-refractivity contribution < 1.29 is 43.5 Å². The number of aliphatic hydroxyl groups excluding tert-OH is 2. The molecule has 0 radical (unpaired) electrons. The Kier molecular flexibility index (Phi) is 19.0. The molecule has 11 heteroatoms. The largest absolute Gasteiger partial charge is 0.459 e. The molecule has 5 aromatic carbocycles. The molecule has 9 rings (SSSR count). The zero-order chi connectivity index (χ0) is 51.8. The van der Waals surface area contributed by atoms with Crippen LogP contribution in [0.15, 0.2) is 139 Å². The summed E-state index contributed by atoms with van der Waals surface area (Å²) in [6.07, 6.45) is 19.8. The van der Waals surface area contributed by atoms with E-state index in [-0.39, 0.29) is 63.4 Å². The van der Waals surface area contributed by atoms with Crippen LogP contribution in [0.2, 0.25) is 0 Å². The van der Waals surface area contributed by atoms with Crippen LogP contribution in [0.4, 0.5) is 0 Å². The molecular formula is C64H78N2O9. The van der Waals surface area contributed by atoms with Crippen molar-refractivity contribution in [2.24, 2.45) is 22.9 Å². The zero-order valence-electron chi connectivity index (χ0n) is 44.1. The molecule has 1 fully saturated rings. The number of unbranched alkanes of at least 4 members (excludes halogenated alkanes) is 10. The van der Waals surface area contributed by atoms with Crippen molar-refractivity contribution in [3.63, 3.8) is 0 Å². The van der Waals surface area contributed by atoms with Gasteiger partial charge in [0, 0.05) is 44.1 Å². The lowest BCUT2D eigenvalue weighted by Crippen LogP contribution is -2.70. The van der Waals surface area contributed by atoms with Crippen molar-refractivity contribution in [3.05, 3.63) is 150 Å². The highest BCUT2D eigenvalue weighted by Crippen LogP contribution is 2.62. The molecule has 4 aliphatic rings. The number of benzene rings is 5. The van der Waals surface area contributed by atoms with Crippen molar-refractivity contribution in [2.75, 3.05) is 26.6 Å². The van der Waals surface area contributed by atoms with Gasteiger partial charge in [0.1, 0.15) is 29.9 Å². The first-order valence-electron chi connectivity index (χ1n) is 28.0. The minimum Gasteiger partial charge on any atom is -0.459 e. The van der Waals surface area contributed by atoms with E-state index in [9.17, 15) is 10.2 Å². The molecule has 2 aliphatic carbocycles. The molecule has 11 nitrogen and oxygen atoms in total. The number of carbonyl (C=O) groups excluding carboxylic acids is 1. The molecular weight excluding hydrogens is 941 g/mol. The van der Waals surface area contributed by atoms with E-state index in [1.54, 1.807) is 6.08 Å². The molecule has 0 bridgehead atoms. The Bertz CT molecular complexity index is 2720. The first-order valence-corrected chi connectivity index (χ1v) is 28.0. The number of carbonyl (C=O) groups is 1. The summed E-state index contributed by atoms with van der Waals surface area (Å²) in [6, 6.07) is 35.8. The minimum atomic E-state index is -1.41. The van der Waals surface area contributed by atoms with Gasteiger partial charge in [-0.05, 0) is 114 Å². The van der Waals surface area contributed by atoms with Crippen molar-refractivity contribution >= 4 is 22.4 Å². The number of allylic oxidation sites excluding steroid dienone is 1. The maximum atomic E-state index is 15.5. The number of amides is 1. The number of rotatable bonds is 29. The predicted molar refractivity (Wildman–Crippen MR) is 295 cm³/mol. The van der Waals surface area contributed by atoms with Crippen LogP contribution in [0.1, 0.15) is 139 Å². The topological polar surface area (TPSA) is 129 Å². The monoisotopic (exact) mass is 1020 g/mol. The molecule has 0 aromatic heterocycles. The molecule has 75 heavy (non-hydrogen) atoms. The van der Waals surface area contributed by atoms with Gasteiger partial charge in [-0.2, -0.15) is 0 Å². The lowest BCUT2D eigenvalue weighted by Gasteiger charge is -2.60. The molecule has 0 saturated heterocycles. The van der Waals surface area contributed by atoms with E-state index in [2.05, 4.69) is 49.9 Å². The molecule has 6 atom stereocenters. The van der Waals surface area contributed by atoms with E-state index in [1.165, 1.54) is 38.5 Å².